The Morgan fingerprint density at radius 2 is 1.96 bits per heavy atom. The van der Waals surface area contributed by atoms with Gasteiger partial charge in [0.15, 0.2) is 0 Å². The zero-order chi connectivity index (χ0) is 19.3. The van der Waals surface area contributed by atoms with Crippen LogP contribution in [0, 0.1) is 21.4 Å². The maximum atomic E-state index is 12.8. The van der Waals surface area contributed by atoms with Crippen LogP contribution in [-0.4, -0.2) is 38.2 Å². The number of amides is 1. The standard InChI is InChI=1S/C15H12F3N5O3/c16-15(17,18)10-21(8-12-3-1-11(7-19)2-4-12)14(24)9-22-6-5-13(20-22)23(25)26/h1-6H,8-10H2. The number of halogens is 3. The SMILES string of the molecule is N#Cc1ccc(CN(CC(F)(F)F)C(=O)Cn2ccc([N+](=O)[O-])n2)cc1. The summed E-state index contributed by atoms with van der Waals surface area (Å²) < 4.78 is 39.3. The van der Waals surface area contributed by atoms with E-state index in [1.54, 1.807) is 0 Å². The highest BCUT2D eigenvalue weighted by molar-refractivity contribution is 5.76. The average Bonchev–Trinajstić information content (AvgIpc) is 3.02. The minimum Gasteiger partial charge on any atom is -0.358 e. The Kier molecular flexibility index (Phi) is 5.56. The van der Waals surface area contributed by atoms with E-state index in [9.17, 15) is 28.1 Å². The van der Waals surface area contributed by atoms with E-state index in [1.807, 2.05) is 6.07 Å². The number of nitriles is 1. The van der Waals surface area contributed by atoms with E-state index >= 15 is 0 Å². The summed E-state index contributed by atoms with van der Waals surface area (Å²) in [5.41, 5.74) is 0.749. The quantitative estimate of drug-likeness (QED) is 0.575. The number of rotatable bonds is 6. The molecule has 0 N–H and O–H groups in total. The number of alkyl halides is 3. The maximum absolute atomic E-state index is 12.8. The number of benzene rings is 1. The molecule has 0 aliphatic rings. The monoisotopic (exact) mass is 367 g/mol. The van der Waals surface area contributed by atoms with Gasteiger partial charge in [-0.25, -0.2) is 0 Å². The van der Waals surface area contributed by atoms with E-state index in [4.69, 9.17) is 5.26 Å². The predicted octanol–water partition coefficient (Wildman–Crippen LogP) is 2.25. The lowest BCUT2D eigenvalue weighted by Gasteiger charge is -2.23. The number of nitrogens with zero attached hydrogens (tertiary/aromatic N) is 5. The summed E-state index contributed by atoms with van der Waals surface area (Å²) in [6, 6.07) is 8.70. The van der Waals surface area contributed by atoms with Crippen LogP contribution in [0.4, 0.5) is 19.0 Å². The molecule has 0 bridgehead atoms. The number of hydrogen-bond donors (Lipinski definition) is 0. The third-order valence-corrected chi connectivity index (χ3v) is 3.29. The molecule has 0 spiro atoms. The first-order chi connectivity index (χ1) is 12.2. The van der Waals surface area contributed by atoms with Crippen molar-refractivity contribution in [2.24, 2.45) is 0 Å². The smallest absolute Gasteiger partial charge is 0.358 e. The number of carbonyl (C=O) groups is 1. The topological polar surface area (TPSA) is 105 Å². The van der Waals surface area contributed by atoms with Crippen molar-refractivity contribution >= 4 is 11.7 Å². The minimum absolute atomic E-state index is 0.326. The molecule has 0 fully saturated rings. The van der Waals surface area contributed by atoms with Gasteiger partial charge in [0.1, 0.15) is 13.1 Å². The Morgan fingerprint density at radius 3 is 2.46 bits per heavy atom. The van der Waals surface area contributed by atoms with E-state index in [1.165, 1.54) is 24.3 Å². The van der Waals surface area contributed by atoms with Gasteiger partial charge in [0.2, 0.25) is 5.91 Å². The van der Waals surface area contributed by atoms with Crippen LogP contribution < -0.4 is 0 Å². The summed E-state index contributed by atoms with van der Waals surface area (Å²) in [7, 11) is 0. The number of nitro groups is 1. The van der Waals surface area contributed by atoms with Crippen molar-refractivity contribution in [3.8, 4) is 6.07 Å². The zero-order valence-corrected chi connectivity index (χ0v) is 13.2. The van der Waals surface area contributed by atoms with Crippen LogP contribution in [-0.2, 0) is 17.9 Å². The Hall–Kier alpha value is -3.42. The first-order valence-corrected chi connectivity index (χ1v) is 7.19. The third kappa shape index (κ3) is 5.30. The Labute approximate surface area is 145 Å². The normalized spacial score (nSPS) is 11.0. The lowest BCUT2D eigenvalue weighted by molar-refractivity contribution is -0.389. The Balaban J connectivity index is 2.15. The Bertz CT molecular complexity index is 839. The molecule has 0 radical (unpaired) electrons. The van der Waals surface area contributed by atoms with Crippen molar-refractivity contribution in [3.63, 3.8) is 0 Å². The molecular weight excluding hydrogens is 355 g/mol. The first-order valence-electron chi connectivity index (χ1n) is 7.19. The van der Waals surface area contributed by atoms with Crippen molar-refractivity contribution in [3.05, 3.63) is 57.8 Å². The minimum atomic E-state index is -4.61. The van der Waals surface area contributed by atoms with Gasteiger partial charge in [-0.1, -0.05) is 12.1 Å². The summed E-state index contributed by atoms with van der Waals surface area (Å²) in [6.07, 6.45) is -3.47. The fourth-order valence-electron chi connectivity index (χ4n) is 2.13. The highest BCUT2D eigenvalue weighted by Gasteiger charge is 2.33. The second kappa shape index (κ2) is 7.64. The molecule has 1 amide bonds. The third-order valence-electron chi connectivity index (χ3n) is 3.29. The molecule has 1 heterocycles. The van der Waals surface area contributed by atoms with Crippen LogP contribution >= 0.6 is 0 Å². The lowest BCUT2D eigenvalue weighted by Crippen LogP contribution is -2.40. The average molecular weight is 367 g/mol. The van der Waals surface area contributed by atoms with Crippen LogP contribution in [0.5, 0.6) is 0 Å². The van der Waals surface area contributed by atoms with E-state index in [2.05, 4.69) is 5.10 Å². The number of hydrogen-bond acceptors (Lipinski definition) is 5. The largest absolute Gasteiger partial charge is 0.406 e. The molecule has 0 unspecified atom stereocenters. The van der Waals surface area contributed by atoms with E-state index < -0.39 is 35.9 Å². The maximum Gasteiger partial charge on any atom is 0.406 e. The fraction of sp³-hybridized carbons (Fsp3) is 0.267. The number of aromatic nitrogens is 2. The van der Waals surface area contributed by atoms with Gasteiger partial charge in [-0.15, -0.1) is 0 Å². The molecule has 2 rings (SSSR count). The van der Waals surface area contributed by atoms with Crippen LogP contribution in [0.25, 0.3) is 0 Å². The summed E-state index contributed by atoms with van der Waals surface area (Å²) in [6.45, 7) is -2.37. The molecule has 11 heteroatoms. The van der Waals surface area contributed by atoms with E-state index in [0.717, 1.165) is 16.9 Å². The molecule has 136 valence electrons. The van der Waals surface area contributed by atoms with Crippen LogP contribution in [0.2, 0.25) is 0 Å². The van der Waals surface area contributed by atoms with Crippen molar-refractivity contribution in [2.45, 2.75) is 19.3 Å². The molecule has 0 atom stereocenters. The summed E-state index contributed by atoms with van der Waals surface area (Å²) in [5.74, 6) is -1.41. The molecule has 2 aromatic rings. The van der Waals surface area contributed by atoms with Gasteiger partial charge < -0.3 is 15.0 Å². The molecule has 1 aromatic heterocycles. The Morgan fingerprint density at radius 1 is 1.31 bits per heavy atom. The van der Waals surface area contributed by atoms with Gasteiger partial charge in [0, 0.05) is 6.54 Å². The van der Waals surface area contributed by atoms with Gasteiger partial charge in [0.05, 0.1) is 29.0 Å². The molecule has 0 saturated carbocycles. The summed E-state index contributed by atoms with van der Waals surface area (Å²) >= 11 is 0. The molecule has 26 heavy (non-hydrogen) atoms. The molecule has 1 aromatic carbocycles. The first kappa shape index (κ1) is 18.9. The second-order valence-electron chi connectivity index (χ2n) is 5.30. The molecule has 8 nitrogen and oxygen atoms in total. The van der Waals surface area contributed by atoms with Crippen LogP contribution in [0.15, 0.2) is 36.5 Å². The van der Waals surface area contributed by atoms with Crippen molar-refractivity contribution < 1.29 is 22.9 Å². The van der Waals surface area contributed by atoms with Crippen LogP contribution in [0.1, 0.15) is 11.1 Å². The van der Waals surface area contributed by atoms with Gasteiger partial charge in [-0.2, -0.15) is 23.1 Å². The van der Waals surface area contributed by atoms with Gasteiger partial charge in [0.25, 0.3) is 0 Å². The molecular formula is C15H12F3N5O3. The summed E-state index contributed by atoms with van der Waals surface area (Å²) in [4.78, 5) is 22.6. The van der Waals surface area contributed by atoms with Gasteiger partial charge in [-0.3, -0.25) is 4.79 Å². The molecule has 0 saturated heterocycles. The molecule has 0 aliphatic heterocycles. The highest BCUT2D eigenvalue weighted by atomic mass is 19.4. The highest BCUT2D eigenvalue weighted by Crippen LogP contribution is 2.19. The van der Waals surface area contributed by atoms with Crippen molar-refractivity contribution in [1.29, 1.82) is 5.26 Å². The van der Waals surface area contributed by atoms with Crippen molar-refractivity contribution in [1.82, 2.24) is 14.7 Å². The second-order valence-corrected chi connectivity index (χ2v) is 5.30. The predicted molar refractivity (Wildman–Crippen MR) is 81.5 cm³/mol. The summed E-state index contributed by atoms with van der Waals surface area (Å²) in [5, 5.41) is 22.8. The van der Waals surface area contributed by atoms with Gasteiger partial charge in [-0.05, 0) is 22.6 Å². The van der Waals surface area contributed by atoms with Gasteiger partial charge >= 0.3 is 12.0 Å². The lowest BCUT2D eigenvalue weighted by atomic mass is 10.1. The zero-order valence-electron chi connectivity index (χ0n) is 13.2. The number of carbonyl (C=O) groups excluding carboxylic acids is 1. The fourth-order valence-corrected chi connectivity index (χ4v) is 2.13. The van der Waals surface area contributed by atoms with Crippen LogP contribution in [0.3, 0.4) is 0 Å². The van der Waals surface area contributed by atoms with Crippen molar-refractivity contribution in [2.75, 3.05) is 6.54 Å². The van der Waals surface area contributed by atoms with E-state index in [-0.39, 0.29) is 6.54 Å². The van der Waals surface area contributed by atoms with E-state index in [0.29, 0.717) is 16.0 Å². The molecule has 0 aliphatic carbocycles.